The van der Waals surface area contributed by atoms with Crippen LogP contribution in [0.1, 0.15) is 22.1 Å². The van der Waals surface area contributed by atoms with Gasteiger partial charge in [-0.25, -0.2) is 0 Å². The third-order valence-corrected chi connectivity index (χ3v) is 5.44. The highest BCUT2D eigenvalue weighted by Crippen LogP contribution is 2.20. The Morgan fingerprint density at radius 1 is 1.21 bits per heavy atom. The second kappa shape index (κ2) is 7.92. The molecular weight excluding hydrogens is 320 g/mol. The molecule has 1 amide bonds. The number of aliphatic hydroxyl groups excluding tert-OH is 1. The lowest BCUT2D eigenvalue weighted by molar-refractivity contribution is -0.132. The van der Waals surface area contributed by atoms with Gasteiger partial charge in [0.15, 0.2) is 0 Å². The molecular formula is C19H24N2O2S. The second-order valence-corrected chi connectivity index (χ2v) is 7.36. The van der Waals surface area contributed by atoms with Crippen LogP contribution in [-0.4, -0.2) is 53.5 Å². The highest BCUT2D eigenvalue weighted by Gasteiger charge is 2.23. The Kier molecular flexibility index (Phi) is 5.66. The van der Waals surface area contributed by atoms with E-state index in [4.69, 9.17) is 0 Å². The number of hydrogen-bond donors (Lipinski definition) is 1. The van der Waals surface area contributed by atoms with Crippen LogP contribution in [0.4, 0.5) is 0 Å². The minimum absolute atomic E-state index is 0.194. The van der Waals surface area contributed by atoms with Crippen LogP contribution in [0.3, 0.4) is 0 Å². The Bertz CT molecular complexity index is 664. The van der Waals surface area contributed by atoms with E-state index < -0.39 is 6.10 Å². The zero-order valence-electron chi connectivity index (χ0n) is 14.0. The molecule has 0 saturated carbocycles. The fourth-order valence-electron chi connectivity index (χ4n) is 3.10. The highest BCUT2D eigenvalue weighted by molar-refractivity contribution is 7.10. The Hall–Kier alpha value is -1.69. The van der Waals surface area contributed by atoms with Crippen LogP contribution in [0.2, 0.25) is 0 Å². The molecule has 128 valence electrons. The van der Waals surface area contributed by atoms with Gasteiger partial charge in [-0.15, -0.1) is 11.3 Å². The summed E-state index contributed by atoms with van der Waals surface area (Å²) in [5, 5.41) is 12.2. The minimum atomic E-state index is -0.431. The first-order valence-corrected chi connectivity index (χ1v) is 9.27. The van der Waals surface area contributed by atoms with Gasteiger partial charge in [-0.1, -0.05) is 35.9 Å². The van der Waals surface area contributed by atoms with Crippen LogP contribution in [-0.2, 0) is 11.2 Å². The first-order valence-electron chi connectivity index (χ1n) is 8.39. The number of piperazine rings is 1. The lowest BCUT2D eigenvalue weighted by atomic mass is 10.1. The molecule has 1 aromatic carbocycles. The fraction of sp³-hybridized carbons (Fsp3) is 0.421. The zero-order valence-corrected chi connectivity index (χ0v) is 14.8. The van der Waals surface area contributed by atoms with E-state index >= 15 is 0 Å². The first kappa shape index (κ1) is 17.1. The van der Waals surface area contributed by atoms with Crippen LogP contribution >= 0.6 is 11.3 Å². The molecule has 1 saturated heterocycles. The molecule has 2 heterocycles. The lowest BCUT2D eigenvalue weighted by Gasteiger charge is -2.35. The standard InChI is InChI=1S/C19H24N2O2S/c1-15-4-2-5-16(12-15)13-19(23)21-9-7-20(8-10-21)14-17(22)18-6-3-11-24-18/h2-6,11-12,17,22H,7-10,13-14H2,1H3. The third kappa shape index (κ3) is 4.44. The van der Waals surface area contributed by atoms with Crippen LogP contribution in [0, 0.1) is 6.92 Å². The van der Waals surface area contributed by atoms with Gasteiger partial charge in [0, 0.05) is 37.6 Å². The number of aryl methyl sites for hydroxylation is 1. The number of nitrogens with zero attached hydrogens (tertiary/aromatic N) is 2. The molecule has 0 bridgehead atoms. The molecule has 1 fully saturated rings. The van der Waals surface area contributed by atoms with Gasteiger partial charge in [-0.2, -0.15) is 0 Å². The Balaban J connectivity index is 1.47. The monoisotopic (exact) mass is 344 g/mol. The van der Waals surface area contributed by atoms with Crippen molar-refractivity contribution < 1.29 is 9.90 Å². The van der Waals surface area contributed by atoms with Crippen molar-refractivity contribution in [3.05, 3.63) is 57.8 Å². The molecule has 5 heteroatoms. The summed E-state index contributed by atoms with van der Waals surface area (Å²) in [5.41, 5.74) is 2.27. The Morgan fingerprint density at radius 3 is 2.67 bits per heavy atom. The van der Waals surface area contributed by atoms with Crippen molar-refractivity contribution in [2.75, 3.05) is 32.7 Å². The summed E-state index contributed by atoms with van der Waals surface area (Å²) < 4.78 is 0. The molecule has 1 aliphatic heterocycles. The first-order chi connectivity index (χ1) is 11.6. The van der Waals surface area contributed by atoms with E-state index in [-0.39, 0.29) is 5.91 Å². The number of thiophene rings is 1. The molecule has 0 aliphatic carbocycles. The maximum atomic E-state index is 12.5. The summed E-state index contributed by atoms with van der Waals surface area (Å²) in [5.74, 6) is 0.194. The average Bonchev–Trinajstić information content (AvgIpc) is 3.10. The van der Waals surface area contributed by atoms with Gasteiger partial charge in [0.05, 0.1) is 6.42 Å². The topological polar surface area (TPSA) is 43.8 Å². The minimum Gasteiger partial charge on any atom is -0.386 e. The van der Waals surface area contributed by atoms with E-state index in [9.17, 15) is 9.90 Å². The Morgan fingerprint density at radius 2 is 2.00 bits per heavy atom. The normalized spacial score (nSPS) is 17.0. The average molecular weight is 344 g/mol. The van der Waals surface area contributed by atoms with E-state index in [2.05, 4.69) is 11.0 Å². The lowest BCUT2D eigenvalue weighted by Crippen LogP contribution is -2.49. The Labute approximate surface area is 147 Å². The summed E-state index contributed by atoms with van der Waals surface area (Å²) in [6.07, 6.45) is 0.0408. The molecule has 1 N–H and O–H groups in total. The number of aliphatic hydroxyl groups is 1. The number of hydrogen-bond acceptors (Lipinski definition) is 4. The van der Waals surface area contributed by atoms with Crippen molar-refractivity contribution >= 4 is 17.2 Å². The highest BCUT2D eigenvalue weighted by atomic mass is 32.1. The SMILES string of the molecule is Cc1cccc(CC(=O)N2CCN(CC(O)c3cccs3)CC2)c1. The maximum Gasteiger partial charge on any atom is 0.227 e. The summed E-state index contributed by atoms with van der Waals surface area (Å²) in [6.45, 7) is 5.81. The van der Waals surface area contributed by atoms with Crippen molar-refractivity contribution in [3.63, 3.8) is 0 Å². The zero-order chi connectivity index (χ0) is 16.9. The van der Waals surface area contributed by atoms with Gasteiger partial charge < -0.3 is 10.0 Å². The number of benzene rings is 1. The smallest absolute Gasteiger partial charge is 0.227 e. The van der Waals surface area contributed by atoms with Crippen LogP contribution in [0.5, 0.6) is 0 Å². The third-order valence-electron chi connectivity index (χ3n) is 4.47. The molecule has 1 unspecified atom stereocenters. The fourth-order valence-corrected chi connectivity index (χ4v) is 3.81. The van der Waals surface area contributed by atoms with Crippen molar-refractivity contribution in [2.45, 2.75) is 19.4 Å². The van der Waals surface area contributed by atoms with Crippen LogP contribution < -0.4 is 0 Å². The van der Waals surface area contributed by atoms with E-state index in [0.29, 0.717) is 13.0 Å². The van der Waals surface area contributed by atoms with E-state index in [1.165, 1.54) is 5.56 Å². The molecule has 1 aromatic heterocycles. The van der Waals surface area contributed by atoms with E-state index in [1.807, 2.05) is 47.5 Å². The predicted octanol–water partition coefficient (Wildman–Crippen LogP) is 2.48. The van der Waals surface area contributed by atoms with Crippen LogP contribution in [0.25, 0.3) is 0 Å². The molecule has 1 atom stereocenters. The maximum absolute atomic E-state index is 12.5. The van der Waals surface area contributed by atoms with Gasteiger partial charge >= 0.3 is 0 Å². The van der Waals surface area contributed by atoms with Gasteiger partial charge in [-0.05, 0) is 23.9 Å². The molecule has 2 aromatic rings. The molecule has 4 nitrogen and oxygen atoms in total. The van der Waals surface area contributed by atoms with E-state index in [0.717, 1.165) is 36.6 Å². The van der Waals surface area contributed by atoms with Crippen LogP contribution in [0.15, 0.2) is 41.8 Å². The summed E-state index contributed by atoms with van der Waals surface area (Å²) in [6, 6.07) is 12.1. The second-order valence-electron chi connectivity index (χ2n) is 6.38. The van der Waals surface area contributed by atoms with E-state index in [1.54, 1.807) is 11.3 Å². The molecule has 0 radical (unpaired) electrons. The number of β-amino-alcohol motifs (C(OH)–C–C–N with tert-alkyl or cyclic N) is 1. The van der Waals surface area contributed by atoms with Gasteiger partial charge in [0.1, 0.15) is 6.10 Å². The summed E-state index contributed by atoms with van der Waals surface area (Å²) >= 11 is 1.59. The molecule has 24 heavy (non-hydrogen) atoms. The van der Waals surface area contributed by atoms with Crippen molar-refractivity contribution in [3.8, 4) is 0 Å². The quantitative estimate of drug-likeness (QED) is 0.906. The number of amides is 1. The number of carbonyl (C=O) groups excluding carboxylic acids is 1. The summed E-state index contributed by atoms with van der Waals surface area (Å²) in [7, 11) is 0. The molecule has 0 spiro atoms. The van der Waals surface area contributed by atoms with Gasteiger partial charge in [-0.3, -0.25) is 9.69 Å². The van der Waals surface area contributed by atoms with Gasteiger partial charge in [0.25, 0.3) is 0 Å². The number of rotatable bonds is 5. The number of carbonyl (C=O) groups is 1. The predicted molar refractivity (Wildman–Crippen MR) is 97.2 cm³/mol. The molecule has 1 aliphatic rings. The van der Waals surface area contributed by atoms with Crippen molar-refractivity contribution in [1.29, 1.82) is 0 Å². The summed E-state index contributed by atoms with van der Waals surface area (Å²) in [4.78, 5) is 17.6. The largest absolute Gasteiger partial charge is 0.386 e. The van der Waals surface area contributed by atoms with Crippen molar-refractivity contribution in [1.82, 2.24) is 9.80 Å². The molecule has 3 rings (SSSR count). The van der Waals surface area contributed by atoms with Gasteiger partial charge in [0.2, 0.25) is 5.91 Å². The van der Waals surface area contributed by atoms with Crippen molar-refractivity contribution in [2.24, 2.45) is 0 Å².